The van der Waals surface area contributed by atoms with Gasteiger partial charge in [0.1, 0.15) is 26.4 Å². The Balaban J connectivity index is 1.36. The van der Waals surface area contributed by atoms with Gasteiger partial charge in [-0.1, -0.05) is 121 Å². The van der Waals surface area contributed by atoms with E-state index in [0.717, 1.165) is 22.3 Å². The molecule has 1 unspecified atom stereocenters. The van der Waals surface area contributed by atoms with Gasteiger partial charge in [-0.3, -0.25) is 24.1 Å². The van der Waals surface area contributed by atoms with Crippen LogP contribution in [0, 0.1) is 0 Å². The van der Waals surface area contributed by atoms with Crippen molar-refractivity contribution in [3.05, 3.63) is 144 Å². The predicted octanol–water partition coefficient (Wildman–Crippen LogP) is 6.51. The molecule has 0 radical (unpaired) electrons. The SMILES string of the molecule is CC(CN(CCC(=O)OCc1ccccc1)CCC(=O)OCc1ccccc1)N(CCC(=O)OCc1ccccc1)CCC(=O)OCc1ccccc1. The number of hydrogen-bond donors (Lipinski definition) is 0. The molecular weight excluding hydrogens is 672 g/mol. The molecule has 0 fully saturated rings. The van der Waals surface area contributed by atoms with Gasteiger partial charge in [0.15, 0.2) is 0 Å². The number of carbonyl (C=O) groups is 4. The summed E-state index contributed by atoms with van der Waals surface area (Å²) in [6, 6.07) is 37.7. The molecule has 0 amide bonds. The standard InChI is InChI=1S/C43H50N2O8/c1-35(45(28-24-42(48)52-33-38-18-10-4-11-19-38)29-25-43(49)53-34-39-20-12-5-13-21-39)30-44(26-22-40(46)50-31-36-14-6-2-7-15-36)27-23-41(47)51-32-37-16-8-3-9-17-37/h2-21,35H,22-34H2,1H3. The van der Waals surface area contributed by atoms with Gasteiger partial charge in [-0.15, -0.1) is 0 Å². The van der Waals surface area contributed by atoms with Crippen LogP contribution in [0.25, 0.3) is 0 Å². The molecule has 0 N–H and O–H groups in total. The zero-order chi connectivity index (χ0) is 37.5. The van der Waals surface area contributed by atoms with Crippen LogP contribution in [0.3, 0.4) is 0 Å². The van der Waals surface area contributed by atoms with Crippen LogP contribution < -0.4 is 0 Å². The highest BCUT2D eigenvalue weighted by Gasteiger charge is 2.22. The maximum Gasteiger partial charge on any atom is 0.307 e. The van der Waals surface area contributed by atoms with E-state index in [2.05, 4.69) is 0 Å². The Bertz CT molecular complexity index is 1540. The van der Waals surface area contributed by atoms with Gasteiger partial charge in [-0.25, -0.2) is 0 Å². The van der Waals surface area contributed by atoms with Gasteiger partial charge in [-0.2, -0.15) is 0 Å². The second kappa shape index (κ2) is 23.3. The molecule has 0 saturated carbocycles. The van der Waals surface area contributed by atoms with Crippen LogP contribution in [-0.2, 0) is 64.6 Å². The fourth-order valence-corrected chi connectivity index (χ4v) is 5.55. The van der Waals surface area contributed by atoms with Crippen molar-refractivity contribution in [2.24, 2.45) is 0 Å². The van der Waals surface area contributed by atoms with E-state index in [1.54, 1.807) is 0 Å². The molecule has 0 aliphatic heterocycles. The summed E-state index contributed by atoms with van der Waals surface area (Å²) >= 11 is 0. The smallest absolute Gasteiger partial charge is 0.307 e. The van der Waals surface area contributed by atoms with Gasteiger partial charge in [0.2, 0.25) is 0 Å². The van der Waals surface area contributed by atoms with Crippen LogP contribution in [0.1, 0.15) is 54.9 Å². The summed E-state index contributed by atoms with van der Waals surface area (Å²) in [5, 5.41) is 0. The van der Waals surface area contributed by atoms with E-state index < -0.39 is 0 Å². The normalized spacial score (nSPS) is 11.5. The van der Waals surface area contributed by atoms with Crippen molar-refractivity contribution in [1.29, 1.82) is 0 Å². The topological polar surface area (TPSA) is 112 Å². The molecule has 0 aliphatic carbocycles. The molecule has 10 heteroatoms. The Hall–Kier alpha value is -5.32. The molecule has 0 bridgehead atoms. The summed E-state index contributed by atoms with van der Waals surface area (Å²) in [7, 11) is 0. The lowest BCUT2D eigenvalue weighted by atomic mass is 10.2. The van der Waals surface area contributed by atoms with E-state index in [4.69, 9.17) is 18.9 Å². The van der Waals surface area contributed by atoms with E-state index in [1.807, 2.05) is 138 Å². The number of hydrogen-bond acceptors (Lipinski definition) is 10. The Kier molecular flexibility index (Phi) is 17.8. The summed E-state index contributed by atoms with van der Waals surface area (Å²) in [4.78, 5) is 55.2. The zero-order valence-electron chi connectivity index (χ0n) is 30.5. The monoisotopic (exact) mass is 722 g/mol. The van der Waals surface area contributed by atoms with Gasteiger partial charge in [-0.05, 0) is 29.2 Å². The van der Waals surface area contributed by atoms with Crippen molar-refractivity contribution >= 4 is 23.9 Å². The maximum absolute atomic E-state index is 12.8. The Morgan fingerprint density at radius 2 is 0.698 bits per heavy atom. The van der Waals surface area contributed by atoms with Crippen LogP contribution in [-0.4, -0.2) is 72.4 Å². The molecule has 4 rings (SSSR count). The highest BCUT2D eigenvalue weighted by molar-refractivity contribution is 5.71. The fourth-order valence-electron chi connectivity index (χ4n) is 5.55. The van der Waals surface area contributed by atoms with Crippen molar-refractivity contribution in [3.63, 3.8) is 0 Å². The average molecular weight is 723 g/mol. The number of benzene rings is 4. The Labute approximate surface area is 312 Å². The molecule has 0 aromatic heterocycles. The van der Waals surface area contributed by atoms with E-state index in [0.29, 0.717) is 32.7 Å². The van der Waals surface area contributed by atoms with Gasteiger partial charge in [0, 0.05) is 38.8 Å². The van der Waals surface area contributed by atoms with Crippen LogP contribution in [0.5, 0.6) is 0 Å². The quantitative estimate of drug-likeness (QED) is 0.0621. The van der Waals surface area contributed by atoms with Crippen molar-refractivity contribution in [3.8, 4) is 0 Å². The lowest BCUT2D eigenvalue weighted by Gasteiger charge is -2.33. The highest BCUT2D eigenvalue weighted by Crippen LogP contribution is 2.11. The highest BCUT2D eigenvalue weighted by atomic mass is 16.5. The van der Waals surface area contributed by atoms with Crippen molar-refractivity contribution in [1.82, 2.24) is 9.80 Å². The van der Waals surface area contributed by atoms with Crippen LogP contribution in [0.4, 0.5) is 0 Å². The van der Waals surface area contributed by atoms with E-state index in [1.165, 1.54) is 0 Å². The molecule has 0 saturated heterocycles. The zero-order valence-corrected chi connectivity index (χ0v) is 30.5. The minimum absolute atomic E-state index is 0.119. The molecule has 0 aliphatic rings. The first kappa shape index (κ1) is 40.5. The minimum Gasteiger partial charge on any atom is -0.461 e. The first-order chi connectivity index (χ1) is 25.8. The summed E-state index contributed by atoms with van der Waals surface area (Å²) in [5.74, 6) is -1.40. The van der Waals surface area contributed by atoms with Crippen molar-refractivity contribution in [2.75, 3.05) is 32.7 Å². The minimum atomic E-state index is -0.350. The Morgan fingerprint density at radius 1 is 0.434 bits per heavy atom. The summed E-state index contributed by atoms with van der Waals surface area (Å²) in [6.45, 7) is 4.53. The van der Waals surface area contributed by atoms with Crippen LogP contribution in [0.15, 0.2) is 121 Å². The molecular formula is C43H50N2O8. The Morgan fingerprint density at radius 3 is 0.981 bits per heavy atom. The molecule has 0 spiro atoms. The number of nitrogens with zero attached hydrogens (tertiary/aromatic N) is 2. The van der Waals surface area contributed by atoms with Gasteiger partial charge >= 0.3 is 23.9 Å². The molecule has 10 nitrogen and oxygen atoms in total. The number of rotatable bonds is 23. The van der Waals surface area contributed by atoms with E-state index in [9.17, 15) is 19.2 Å². The van der Waals surface area contributed by atoms with E-state index >= 15 is 0 Å². The third-order valence-corrected chi connectivity index (χ3v) is 8.59. The number of carbonyl (C=O) groups excluding carboxylic acids is 4. The fraction of sp³-hybridized carbons (Fsp3) is 0.349. The number of esters is 4. The maximum atomic E-state index is 12.8. The average Bonchev–Trinajstić information content (AvgIpc) is 3.20. The third kappa shape index (κ3) is 16.7. The summed E-state index contributed by atoms with van der Waals surface area (Å²) in [6.07, 6.45) is 0.480. The van der Waals surface area contributed by atoms with Crippen molar-refractivity contribution < 1.29 is 38.1 Å². The molecule has 4 aromatic rings. The van der Waals surface area contributed by atoms with Gasteiger partial charge in [0.25, 0.3) is 0 Å². The predicted molar refractivity (Wildman–Crippen MR) is 201 cm³/mol. The van der Waals surface area contributed by atoms with Crippen LogP contribution >= 0.6 is 0 Å². The largest absolute Gasteiger partial charge is 0.461 e. The van der Waals surface area contributed by atoms with E-state index in [-0.39, 0.29) is 82.0 Å². The molecule has 280 valence electrons. The lowest BCUT2D eigenvalue weighted by Crippen LogP contribution is -2.45. The molecule has 0 heterocycles. The summed E-state index contributed by atoms with van der Waals surface area (Å²) < 4.78 is 22.1. The summed E-state index contributed by atoms with van der Waals surface area (Å²) in [5.41, 5.74) is 3.58. The molecule has 53 heavy (non-hydrogen) atoms. The second-order valence-electron chi connectivity index (χ2n) is 12.8. The third-order valence-electron chi connectivity index (χ3n) is 8.59. The van der Waals surface area contributed by atoms with Gasteiger partial charge in [0.05, 0.1) is 25.7 Å². The van der Waals surface area contributed by atoms with Gasteiger partial charge < -0.3 is 23.8 Å². The molecule has 1 atom stereocenters. The van der Waals surface area contributed by atoms with Crippen molar-refractivity contribution in [2.45, 2.75) is 65.1 Å². The first-order valence-corrected chi connectivity index (χ1v) is 18.1. The van der Waals surface area contributed by atoms with Crippen LogP contribution in [0.2, 0.25) is 0 Å². The second-order valence-corrected chi connectivity index (χ2v) is 12.8. The molecule has 4 aromatic carbocycles. The first-order valence-electron chi connectivity index (χ1n) is 18.1. The lowest BCUT2D eigenvalue weighted by molar-refractivity contribution is -0.147. The number of ether oxygens (including phenoxy) is 4.